The summed E-state index contributed by atoms with van der Waals surface area (Å²) >= 11 is 0. The van der Waals surface area contributed by atoms with Crippen molar-refractivity contribution in [3.05, 3.63) is 24.5 Å². The second kappa shape index (κ2) is 3.56. The van der Waals surface area contributed by atoms with E-state index in [0.29, 0.717) is 0 Å². The Labute approximate surface area is 77.9 Å². The Morgan fingerprint density at radius 3 is 2.69 bits per heavy atom. The Hall–Kier alpha value is -1.38. The minimum Gasteiger partial charge on any atom is -0.278 e. The van der Waals surface area contributed by atoms with Gasteiger partial charge in [0.2, 0.25) is 0 Å². The van der Waals surface area contributed by atoms with E-state index in [4.69, 9.17) is 0 Å². The second-order valence-corrected chi connectivity index (χ2v) is 3.54. The summed E-state index contributed by atoms with van der Waals surface area (Å²) in [4.78, 5) is 3.93. The highest BCUT2D eigenvalue weighted by molar-refractivity contribution is 5.90. The van der Waals surface area contributed by atoms with Crippen molar-refractivity contribution in [1.29, 1.82) is 0 Å². The fourth-order valence-corrected chi connectivity index (χ4v) is 1.41. The molecular weight excluding hydrogens is 162 g/mol. The van der Waals surface area contributed by atoms with Crippen molar-refractivity contribution >= 4 is 11.4 Å². The number of nitrogens with one attached hydrogen (secondary N) is 1. The molecule has 68 valence electrons. The molecule has 1 aromatic heterocycles. The van der Waals surface area contributed by atoms with Gasteiger partial charge in [-0.15, -0.1) is 0 Å². The lowest BCUT2D eigenvalue weighted by Gasteiger charge is -2.23. The molecule has 1 fully saturated rings. The van der Waals surface area contributed by atoms with E-state index in [0.717, 1.165) is 24.4 Å². The maximum Gasteiger partial charge on any atom is 0.0592 e. The first-order chi connectivity index (χ1) is 6.34. The number of hydrogen-bond acceptors (Lipinski definition) is 3. The monoisotopic (exact) mass is 175 g/mol. The largest absolute Gasteiger partial charge is 0.278 e. The van der Waals surface area contributed by atoms with E-state index < -0.39 is 0 Å². The molecule has 0 unspecified atom stereocenters. The van der Waals surface area contributed by atoms with Crippen LogP contribution in [-0.4, -0.2) is 10.7 Å². The average molecular weight is 175 g/mol. The zero-order valence-electron chi connectivity index (χ0n) is 7.70. The van der Waals surface area contributed by atoms with Crippen molar-refractivity contribution in [3.8, 4) is 0 Å². The van der Waals surface area contributed by atoms with Crippen LogP contribution in [0.25, 0.3) is 0 Å². The zero-order valence-corrected chi connectivity index (χ0v) is 7.70. The van der Waals surface area contributed by atoms with E-state index in [1.165, 1.54) is 5.71 Å². The summed E-state index contributed by atoms with van der Waals surface area (Å²) in [6.07, 6.45) is 5.79. The molecule has 3 nitrogen and oxygen atoms in total. The second-order valence-electron chi connectivity index (χ2n) is 3.54. The number of rotatable bonds is 2. The van der Waals surface area contributed by atoms with Gasteiger partial charge < -0.3 is 0 Å². The lowest BCUT2D eigenvalue weighted by Crippen LogP contribution is -2.21. The van der Waals surface area contributed by atoms with Crippen molar-refractivity contribution in [3.63, 3.8) is 0 Å². The van der Waals surface area contributed by atoms with Gasteiger partial charge in [0.05, 0.1) is 5.69 Å². The topological polar surface area (TPSA) is 37.3 Å². The minimum atomic E-state index is 0.818. The molecule has 1 saturated carbocycles. The Bertz CT molecular complexity index is 297. The zero-order chi connectivity index (χ0) is 9.10. The number of hydrogen-bond donors (Lipinski definition) is 1. The smallest absolute Gasteiger partial charge is 0.0592 e. The van der Waals surface area contributed by atoms with Crippen LogP contribution < -0.4 is 5.43 Å². The van der Waals surface area contributed by atoms with E-state index >= 15 is 0 Å². The molecule has 1 aliphatic carbocycles. The number of anilines is 1. The van der Waals surface area contributed by atoms with Gasteiger partial charge in [-0.1, -0.05) is 6.92 Å². The van der Waals surface area contributed by atoms with Crippen LogP contribution in [0, 0.1) is 5.92 Å². The van der Waals surface area contributed by atoms with Gasteiger partial charge in [-0.25, -0.2) is 0 Å². The number of pyridine rings is 1. The first-order valence-electron chi connectivity index (χ1n) is 4.56. The maximum absolute atomic E-state index is 4.29. The van der Waals surface area contributed by atoms with Crippen LogP contribution in [0.5, 0.6) is 0 Å². The molecule has 0 spiro atoms. The summed E-state index contributed by atoms with van der Waals surface area (Å²) in [7, 11) is 0. The summed E-state index contributed by atoms with van der Waals surface area (Å²) in [6, 6.07) is 3.82. The van der Waals surface area contributed by atoms with Gasteiger partial charge in [0.25, 0.3) is 0 Å². The van der Waals surface area contributed by atoms with Gasteiger partial charge in [-0.05, 0) is 30.9 Å². The molecule has 0 atom stereocenters. The molecule has 0 amide bonds. The molecule has 2 rings (SSSR count). The predicted octanol–water partition coefficient (Wildman–Crippen LogP) is 2.28. The third kappa shape index (κ3) is 2.05. The molecule has 3 heteroatoms. The van der Waals surface area contributed by atoms with Gasteiger partial charge in [-0.2, -0.15) is 5.10 Å². The van der Waals surface area contributed by atoms with E-state index in [2.05, 4.69) is 22.4 Å². The van der Waals surface area contributed by atoms with Crippen molar-refractivity contribution in [1.82, 2.24) is 4.98 Å². The Balaban J connectivity index is 1.90. The van der Waals surface area contributed by atoms with Crippen molar-refractivity contribution in [2.24, 2.45) is 11.0 Å². The fraction of sp³-hybridized carbons (Fsp3) is 0.400. The third-order valence-electron chi connectivity index (χ3n) is 2.19. The van der Waals surface area contributed by atoms with Crippen LogP contribution in [0.2, 0.25) is 0 Å². The lowest BCUT2D eigenvalue weighted by molar-refractivity contribution is 0.554. The first-order valence-corrected chi connectivity index (χ1v) is 4.56. The van der Waals surface area contributed by atoms with Crippen LogP contribution in [0.4, 0.5) is 5.69 Å². The van der Waals surface area contributed by atoms with Crippen LogP contribution in [-0.2, 0) is 0 Å². The van der Waals surface area contributed by atoms with Gasteiger partial charge in [-0.3, -0.25) is 10.4 Å². The highest BCUT2D eigenvalue weighted by Crippen LogP contribution is 2.23. The molecule has 0 aromatic carbocycles. The third-order valence-corrected chi connectivity index (χ3v) is 2.19. The maximum atomic E-state index is 4.29. The van der Waals surface area contributed by atoms with Crippen LogP contribution >= 0.6 is 0 Å². The molecule has 0 bridgehead atoms. The van der Waals surface area contributed by atoms with Gasteiger partial charge >= 0.3 is 0 Å². The molecule has 1 aliphatic rings. The van der Waals surface area contributed by atoms with Gasteiger partial charge in [0.15, 0.2) is 0 Å². The predicted molar refractivity (Wildman–Crippen MR) is 53.7 cm³/mol. The van der Waals surface area contributed by atoms with E-state index in [1.54, 1.807) is 12.4 Å². The van der Waals surface area contributed by atoms with Gasteiger partial charge in [0, 0.05) is 18.1 Å². The standard InChI is InChI=1S/C10H13N3/c1-8-6-10(7-8)13-12-9-2-4-11-5-3-9/h2-5,8H,6-7H2,1H3,(H,11,12). The number of aromatic nitrogens is 1. The molecule has 1 N–H and O–H groups in total. The fourth-order valence-electron chi connectivity index (χ4n) is 1.41. The van der Waals surface area contributed by atoms with Crippen LogP contribution in [0.15, 0.2) is 29.6 Å². The minimum absolute atomic E-state index is 0.818. The molecular formula is C10H13N3. The molecule has 0 aliphatic heterocycles. The van der Waals surface area contributed by atoms with E-state index in [9.17, 15) is 0 Å². The summed E-state index contributed by atoms with van der Waals surface area (Å²) in [5.41, 5.74) is 5.28. The van der Waals surface area contributed by atoms with Crippen molar-refractivity contribution in [2.75, 3.05) is 5.43 Å². The summed E-state index contributed by atoms with van der Waals surface area (Å²) in [6.45, 7) is 2.24. The van der Waals surface area contributed by atoms with Crippen LogP contribution in [0.1, 0.15) is 19.8 Å². The Morgan fingerprint density at radius 1 is 1.38 bits per heavy atom. The molecule has 13 heavy (non-hydrogen) atoms. The summed E-state index contributed by atoms with van der Waals surface area (Å²) < 4.78 is 0. The Kier molecular flexibility index (Phi) is 2.25. The summed E-state index contributed by atoms with van der Waals surface area (Å²) in [5, 5.41) is 4.29. The van der Waals surface area contributed by atoms with Crippen molar-refractivity contribution in [2.45, 2.75) is 19.8 Å². The Morgan fingerprint density at radius 2 is 2.08 bits per heavy atom. The normalized spacial score (nSPS) is 20.7. The highest BCUT2D eigenvalue weighted by atomic mass is 15.3. The molecule has 1 aromatic rings. The number of nitrogens with zero attached hydrogens (tertiary/aromatic N) is 2. The SMILES string of the molecule is CC1CC(=NNc2ccncc2)C1. The molecule has 0 saturated heterocycles. The summed E-state index contributed by atoms with van der Waals surface area (Å²) in [5.74, 6) is 0.818. The molecule has 1 heterocycles. The first kappa shape index (κ1) is 8.23. The average Bonchev–Trinajstić information content (AvgIpc) is 2.12. The van der Waals surface area contributed by atoms with Gasteiger partial charge in [0.1, 0.15) is 0 Å². The van der Waals surface area contributed by atoms with E-state index in [1.807, 2.05) is 12.1 Å². The van der Waals surface area contributed by atoms with Crippen LogP contribution in [0.3, 0.4) is 0 Å². The van der Waals surface area contributed by atoms with E-state index in [-0.39, 0.29) is 0 Å². The number of hydrazone groups is 1. The molecule has 0 radical (unpaired) electrons. The quantitative estimate of drug-likeness (QED) is 0.700. The van der Waals surface area contributed by atoms with Crippen molar-refractivity contribution < 1.29 is 0 Å². The lowest BCUT2D eigenvalue weighted by atomic mass is 9.85. The highest BCUT2D eigenvalue weighted by Gasteiger charge is 2.19.